The highest BCUT2D eigenvalue weighted by molar-refractivity contribution is 5.93. The van der Waals surface area contributed by atoms with Crippen LogP contribution in [0, 0.1) is 0 Å². The molecule has 0 radical (unpaired) electrons. The normalized spacial score (nSPS) is 12.0. The van der Waals surface area contributed by atoms with Crippen LogP contribution in [0.5, 0.6) is 0 Å². The Morgan fingerprint density at radius 1 is 1.32 bits per heavy atom. The Morgan fingerprint density at radius 2 is 1.95 bits per heavy atom. The van der Waals surface area contributed by atoms with Gasteiger partial charge >= 0.3 is 5.97 Å². The van der Waals surface area contributed by atoms with Gasteiger partial charge in [0.1, 0.15) is 11.9 Å². The molecule has 0 bridgehead atoms. The molecule has 1 heterocycles. The highest BCUT2D eigenvalue weighted by Gasteiger charge is 2.26. The van der Waals surface area contributed by atoms with Crippen molar-refractivity contribution in [1.82, 2.24) is 19.7 Å². The summed E-state index contributed by atoms with van der Waals surface area (Å²) in [7, 11) is 1.43. The molecule has 22 heavy (non-hydrogen) atoms. The minimum absolute atomic E-state index is 0.00342. The number of para-hydroxylation sites is 1. The minimum Gasteiger partial charge on any atom is -0.480 e. The molecule has 0 aliphatic rings. The number of carboxylic acid groups (broad SMARTS) is 1. The fraction of sp³-hybridized carbons (Fsp3) is 0.333. The Labute approximate surface area is 128 Å². The highest BCUT2D eigenvalue weighted by atomic mass is 16.4. The molecule has 7 heteroatoms. The number of aryl methyl sites for hydroxylation is 1. The van der Waals surface area contributed by atoms with Gasteiger partial charge in [-0.2, -0.15) is 0 Å². The zero-order valence-electron chi connectivity index (χ0n) is 12.7. The Hall–Kier alpha value is -2.70. The van der Waals surface area contributed by atoms with Crippen molar-refractivity contribution in [2.75, 3.05) is 7.05 Å². The number of carboxylic acids is 1. The number of hydrogen-bond acceptors (Lipinski definition) is 4. The molecule has 1 unspecified atom stereocenters. The lowest BCUT2D eigenvalue weighted by molar-refractivity contribution is -0.141. The van der Waals surface area contributed by atoms with Gasteiger partial charge < -0.3 is 10.0 Å². The third-order valence-electron chi connectivity index (χ3n) is 3.44. The molecule has 1 N–H and O–H groups in total. The van der Waals surface area contributed by atoms with E-state index in [1.165, 1.54) is 14.0 Å². The number of aliphatic carboxylic acids is 1. The number of hydrogen-bond donors (Lipinski definition) is 1. The quantitative estimate of drug-likeness (QED) is 0.901. The van der Waals surface area contributed by atoms with Gasteiger partial charge in [-0.3, -0.25) is 4.79 Å². The number of carbonyl (C=O) groups is 2. The van der Waals surface area contributed by atoms with Crippen LogP contribution < -0.4 is 0 Å². The van der Waals surface area contributed by atoms with E-state index in [-0.39, 0.29) is 5.82 Å². The third-order valence-corrected chi connectivity index (χ3v) is 3.44. The van der Waals surface area contributed by atoms with Crippen molar-refractivity contribution in [3.8, 4) is 5.69 Å². The lowest BCUT2D eigenvalue weighted by atomic mass is 10.3. The molecule has 1 amide bonds. The van der Waals surface area contributed by atoms with Gasteiger partial charge in [0.2, 0.25) is 5.82 Å². The van der Waals surface area contributed by atoms with Crippen LogP contribution in [0.4, 0.5) is 0 Å². The third kappa shape index (κ3) is 2.98. The predicted molar refractivity (Wildman–Crippen MR) is 79.9 cm³/mol. The number of carbonyl (C=O) groups excluding carboxylic acids is 1. The van der Waals surface area contributed by atoms with Crippen molar-refractivity contribution in [2.45, 2.75) is 26.3 Å². The lowest BCUT2D eigenvalue weighted by Crippen LogP contribution is -2.40. The summed E-state index contributed by atoms with van der Waals surface area (Å²) in [4.78, 5) is 28.7. The van der Waals surface area contributed by atoms with E-state index in [1.807, 2.05) is 37.3 Å². The first-order chi connectivity index (χ1) is 10.5. The van der Waals surface area contributed by atoms with Crippen LogP contribution in [0.3, 0.4) is 0 Å². The Balaban J connectivity index is 2.36. The molecular formula is C15H18N4O3. The smallest absolute Gasteiger partial charge is 0.326 e. The first kappa shape index (κ1) is 15.7. The van der Waals surface area contributed by atoms with Crippen LogP contribution in [0.25, 0.3) is 5.69 Å². The summed E-state index contributed by atoms with van der Waals surface area (Å²) in [6, 6.07) is 8.42. The van der Waals surface area contributed by atoms with E-state index in [4.69, 9.17) is 5.11 Å². The molecule has 1 aromatic carbocycles. The predicted octanol–water partition coefficient (Wildman–Crippen LogP) is 1.37. The number of benzene rings is 1. The second kappa shape index (κ2) is 6.38. The maximum atomic E-state index is 12.3. The lowest BCUT2D eigenvalue weighted by Gasteiger charge is -2.19. The summed E-state index contributed by atoms with van der Waals surface area (Å²) in [6.45, 7) is 3.36. The molecule has 116 valence electrons. The average molecular weight is 302 g/mol. The largest absolute Gasteiger partial charge is 0.480 e. The van der Waals surface area contributed by atoms with Gasteiger partial charge in [0, 0.05) is 13.5 Å². The number of rotatable bonds is 5. The monoisotopic (exact) mass is 302 g/mol. The van der Waals surface area contributed by atoms with E-state index in [1.54, 1.807) is 4.68 Å². The Morgan fingerprint density at radius 3 is 2.50 bits per heavy atom. The van der Waals surface area contributed by atoms with E-state index < -0.39 is 17.9 Å². The first-order valence-corrected chi connectivity index (χ1v) is 6.97. The molecule has 1 aromatic heterocycles. The molecule has 0 spiro atoms. The second-order valence-corrected chi connectivity index (χ2v) is 4.88. The Bertz CT molecular complexity index is 681. The molecule has 0 fully saturated rings. The van der Waals surface area contributed by atoms with Gasteiger partial charge in [0.15, 0.2) is 0 Å². The van der Waals surface area contributed by atoms with E-state index in [2.05, 4.69) is 10.1 Å². The van der Waals surface area contributed by atoms with Crippen molar-refractivity contribution < 1.29 is 14.7 Å². The van der Waals surface area contributed by atoms with Crippen LogP contribution in [-0.4, -0.2) is 49.7 Å². The molecule has 0 aliphatic heterocycles. The van der Waals surface area contributed by atoms with Gasteiger partial charge in [-0.25, -0.2) is 14.5 Å². The zero-order valence-corrected chi connectivity index (χ0v) is 12.7. The molecule has 1 atom stereocenters. The molecule has 0 saturated heterocycles. The Kier molecular flexibility index (Phi) is 4.55. The SMILES string of the molecule is CCc1nc(C(=O)N(C)C(C)C(=O)O)nn1-c1ccccc1. The van der Waals surface area contributed by atoms with E-state index >= 15 is 0 Å². The second-order valence-electron chi connectivity index (χ2n) is 4.88. The molecule has 0 aliphatic carbocycles. The number of likely N-dealkylation sites (N-methyl/N-ethyl adjacent to an activating group) is 1. The van der Waals surface area contributed by atoms with Crippen molar-refractivity contribution in [3.05, 3.63) is 42.0 Å². The average Bonchev–Trinajstić information content (AvgIpc) is 2.97. The van der Waals surface area contributed by atoms with E-state index in [0.717, 1.165) is 10.6 Å². The number of nitrogens with zero attached hydrogens (tertiary/aromatic N) is 4. The summed E-state index contributed by atoms with van der Waals surface area (Å²) in [5.74, 6) is -0.949. The highest BCUT2D eigenvalue weighted by Crippen LogP contribution is 2.12. The number of aromatic nitrogens is 3. The molecule has 7 nitrogen and oxygen atoms in total. The molecule has 0 saturated carbocycles. The van der Waals surface area contributed by atoms with Crippen LogP contribution >= 0.6 is 0 Å². The van der Waals surface area contributed by atoms with Crippen LogP contribution in [0.1, 0.15) is 30.3 Å². The zero-order chi connectivity index (χ0) is 16.3. The maximum absolute atomic E-state index is 12.3. The summed E-state index contributed by atoms with van der Waals surface area (Å²) < 4.78 is 1.60. The van der Waals surface area contributed by atoms with E-state index in [0.29, 0.717) is 12.2 Å². The van der Waals surface area contributed by atoms with Gasteiger partial charge in [0.25, 0.3) is 5.91 Å². The van der Waals surface area contributed by atoms with E-state index in [9.17, 15) is 9.59 Å². The van der Waals surface area contributed by atoms with Crippen molar-refractivity contribution >= 4 is 11.9 Å². The van der Waals surface area contributed by atoms with Gasteiger partial charge in [-0.05, 0) is 19.1 Å². The van der Waals surface area contributed by atoms with Crippen molar-refractivity contribution in [1.29, 1.82) is 0 Å². The van der Waals surface area contributed by atoms with Crippen LogP contribution in [0.2, 0.25) is 0 Å². The molecule has 2 rings (SSSR count). The summed E-state index contributed by atoms with van der Waals surface area (Å²) in [5.41, 5.74) is 0.805. The standard InChI is InChI=1S/C15H18N4O3/c1-4-12-16-13(14(20)18(3)10(2)15(21)22)17-19(12)11-8-6-5-7-9-11/h5-10H,4H2,1-3H3,(H,21,22). The first-order valence-electron chi connectivity index (χ1n) is 6.97. The number of amides is 1. The van der Waals surface area contributed by atoms with Gasteiger partial charge in [-0.15, -0.1) is 5.10 Å². The molecular weight excluding hydrogens is 284 g/mol. The van der Waals surface area contributed by atoms with Gasteiger partial charge in [0.05, 0.1) is 5.69 Å². The minimum atomic E-state index is -1.07. The van der Waals surface area contributed by atoms with Crippen molar-refractivity contribution in [3.63, 3.8) is 0 Å². The van der Waals surface area contributed by atoms with Crippen LogP contribution in [0.15, 0.2) is 30.3 Å². The fourth-order valence-corrected chi connectivity index (χ4v) is 1.94. The van der Waals surface area contributed by atoms with Crippen molar-refractivity contribution in [2.24, 2.45) is 0 Å². The fourth-order valence-electron chi connectivity index (χ4n) is 1.94. The topological polar surface area (TPSA) is 88.3 Å². The summed E-state index contributed by atoms with van der Waals surface area (Å²) in [5, 5.41) is 13.2. The summed E-state index contributed by atoms with van der Waals surface area (Å²) >= 11 is 0. The van der Waals surface area contributed by atoms with Gasteiger partial charge in [-0.1, -0.05) is 25.1 Å². The summed E-state index contributed by atoms with van der Waals surface area (Å²) in [6.07, 6.45) is 0.605. The maximum Gasteiger partial charge on any atom is 0.326 e. The molecule has 2 aromatic rings. The van der Waals surface area contributed by atoms with Crippen LogP contribution in [-0.2, 0) is 11.2 Å².